The van der Waals surface area contributed by atoms with Crippen LogP contribution in [0, 0.1) is 19.7 Å². The molecule has 0 atom stereocenters. The van der Waals surface area contributed by atoms with Gasteiger partial charge in [-0.15, -0.1) is 0 Å². The first-order valence-corrected chi connectivity index (χ1v) is 11.2. The van der Waals surface area contributed by atoms with Gasteiger partial charge < -0.3 is 15.2 Å². The number of H-pyrrole nitrogens is 1. The number of hydrogen-bond donors (Lipinski definition) is 2. The maximum Gasteiger partial charge on any atom is 0.274 e. The highest BCUT2D eigenvalue weighted by Crippen LogP contribution is 2.23. The van der Waals surface area contributed by atoms with E-state index in [2.05, 4.69) is 30.2 Å². The lowest BCUT2D eigenvalue weighted by Crippen LogP contribution is -2.46. The molecule has 10 heteroatoms. The molecule has 4 aromatic rings. The first-order valence-electron chi connectivity index (χ1n) is 11.2. The molecule has 1 aromatic carbocycles. The van der Waals surface area contributed by atoms with Crippen molar-refractivity contribution in [3.63, 3.8) is 0 Å². The van der Waals surface area contributed by atoms with Gasteiger partial charge in [0, 0.05) is 45.3 Å². The third kappa shape index (κ3) is 3.79. The number of nitrogens with zero attached hydrogens (tertiary/aromatic N) is 5. The van der Waals surface area contributed by atoms with Gasteiger partial charge in [0.15, 0.2) is 5.82 Å². The standard InChI is InChI=1S/C24H26FN7O2/c1-14-12-27-32-21(14)24(34)29-19-11-16(10-17(25)22(19)32)13-30-6-8-31(9-7-30)20-5-4-18(23(33)26-3)28-15(20)2/h4-5,10-12H,6-9,13H2,1-3H3,(H,26,33)(H,29,34). The number of aryl methyl sites for hydroxylation is 2. The average molecular weight is 464 g/mol. The van der Waals surface area contributed by atoms with Gasteiger partial charge in [0.05, 0.1) is 23.1 Å². The quantitative estimate of drug-likeness (QED) is 0.481. The van der Waals surface area contributed by atoms with Gasteiger partial charge in [0.1, 0.15) is 16.7 Å². The molecule has 0 radical (unpaired) electrons. The van der Waals surface area contributed by atoms with Crippen molar-refractivity contribution in [2.24, 2.45) is 0 Å². The number of amides is 1. The lowest BCUT2D eigenvalue weighted by atomic mass is 10.1. The summed E-state index contributed by atoms with van der Waals surface area (Å²) in [6.07, 6.45) is 1.57. The van der Waals surface area contributed by atoms with Gasteiger partial charge in [-0.05, 0) is 43.7 Å². The van der Waals surface area contributed by atoms with Crippen LogP contribution >= 0.6 is 0 Å². The number of halogens is 1. The molecule has 34 heavy (non-hydrogen) atoms. The number of aromatic amines is 1. The van der Waals surface area contributed by atoms with Crippen LogP contribution in [0.15, 0.2) is 35.3 Å². The van der Waals surface area contributed by atoms with Crippen LogP contribution in [0.1, 0.15) is 27.3 Å². The second-order valence-corrected chi connectivity index (χ2v) is 8.66. The van der Waals surface area contributed by atoms with Crippen molar-refractivity contribution in [2.75, 3.05) is 38.1 Å². The third-order valence-corrected chi connectivity index (χ3v) is 6.39. The summed E-state index contributed by atoms with van der Waals surface area (Å²) in [5.41, 5.74) is 4.54. The summed E-state index contributed by atoms with van der Waals surface area (Å²) in [6.45, 7) is 7.44. The second kappa shape index (κ2) is 8.53. The topological polar surface area (TPSA) is 98.6 Å². The zero-order chi connectivity index (χ0) is 24.0. The Morgan fingerprint density at radius 2 is 1.91 bits per heavy atom. The summed E-state index contributed by atoms with van der Waals surface area (Å²) in [6, 6.07) is 7.03. The number of aromatic nitrogens is 4. The van der Waals surface area contributed by atoms with E-state index in [0.717, 1.165) is 43.1 Å². The lowest BCUT2D eigenvalue weighted by molar-refractivity contribution is 0.0958. The Kier molecular flexibility index (Phi) is 5.52. The van der Waals surface area contributed by atoms with Crippen molar-refractivity contribution >= 4 is 28.1 Å². The molecule has 176 valence electrons. The highest BCUT2D eigenvalue weighted by atomic mass is 19.1. The van der Waals surface area contributed by atoms with E-state index >= 15 is 4.39 Å². The average Bonchev–Trinajstić information content (AvgIpc) is 3.20. The molecule has 0 spiro atoms. The molecule has 0 saturated carbocycles. The molecular formula is C24H26FN7O2. The number of nitrogens with one attached hydrogen (secondary N) is 2. The monoisotopic (exact) mass is 463 g/mol. The number of hydrogen-bond acceptors (Lipinski definition) is 6. The Labute approximate surface area is 195 Å². The lowest BCUT2D eigenvalue weighted by Gasteiger charge is -2.36. The van der Waals surface area contributed by atoms with E-state index < -0.39 is 5.82 Å². The molecule has 0 bridgehead atoms. The number of piperazine rings is 1. The van der Waals surface area contributed by atoms with E-state index in [1.807, 2.05) is 19.1 Å². The highest BCUT2D eigenvalue weighted by molar-refractivity contribution is 5.92. The molecule has 1 fully saturated rings. The minimum Gasteiger partial charge on any atom is -0.368 e. The maximum absolute atomic E-state index is 15.1. The van der Waals surface area contributed by atoms with Gasteiger partial charge in [-0.25, -0.2) is 13.9 Å². The molecule has 3 aromatic heterocycles. The van der Waals surface area contributed by atoms with E-state index in [-0.39, 0.29) is 17.0 Å². The van der Waals surface area contributed by atoms with Gasteiger partial charge in [0.2, 0.25) is 0 Å². The predicted octanol–water partition coefficient (Wildman–Crippen LogP) is 2.01. The SMILES string of the molecule is CNC(=O)c1ccc(N2CCN(Cc3cc(F)c4c(c3)[nH]c(=O)c3c(C)cnn34)CC2)c(C)n1. The molecule has 1 aliphatic heterocycles. The molecule has 5 rings (SSSR count). The minimum atomic E-state index is -0.409. The number of rotatable bonds is 4. The Hall–Kier alpha value is -3.79. The number of carbonyl (C=O) groups excluding carboxylic acids is 1. The molecule has 1 amide bonds. The first kappa shape index (κ1) is 22.0. The second-order valence-electron chi connectivity index (χ2n) is 8.66. The number of carbonyl (C=O) groups is 1. The zero-order valence-electron chi connectivity index (χ0n) is 19.4. The summed E-state index contributed by atoms with van der Waals surface area (Å²) in [5, 5.41) is 6.78. The Morgan fingerprint density at radius 1 is 1.15 bits per heavy atom. The van der Waals surface area contributed by atoms with Gasteiger partial charge in [-0.2, -0.15) is 5.10 Å². The Bertz CT molecular complexity index is 1470. The van der Waals surface area contributed by atoms with Crippen molar-refractivity contribution in [2.45, 2.75) is 20.4 Å². The molecule has 1 saturated heterocycles. The van der Waals surface area contributed by atoms with Gasteiger partial charge in [-0.1, -0.05) is 0 Å². The smallest absolute Gasteiger partial charge is 0.274 e. The Morgan fingerprint density at radius 3 is 2.62 bits per heavy atom. The van der Waals surface area contributed by atoms with Crippen molar-refractivity contribution < 1.29 is 9.18 Å². The van der Waals surface area contributed by atoms with Gasteiger partial charge in [0.25, 0.3) is 11.5 Å². The highest BCUT2D eigenvalue weighted by Gasteiger charge is 2.21. The fourth-order valence-electron chi connectivity index (χ4n) is 4.66. The molecular weight excluding hydrogens is 437 g/mol. The van der Waals surface area contributed by atoms with Crippen LogP contribution in [-0.2, 0) is 6.54 Å². The molecule has 9 nitrogen and oxygen atoms in total. The number of benzene rings is 1. The summed E-state index contributed by atoms with van der Waals surface area (Å²) >= 11 is 0. The van der Waals surface area contributed by atoms with E-state index in [1.54, 1.807) is 26.2 Å². The van der Waals surface area contributed by atoms with Crippen LogP contribution in [-0.4, -0.2) is 63.6 Å². The molecule has 4 heterocycles. The zero-order valence-corrected chi connectivity index (χ0v) is 19.4. The van der Waals surface area contributed by atoms with Crippen LogP contribution in [0.2, 0.25) is 0 Å². The molecule has 0 aliphatic carbocycles. The molecule has 1 aliphatic rings. The van der Waals surface area contributed by atoms with E-state index in [9.17, 15) is 9.59 Å². The van der Waals surface area contributed by atoms with Crippen LogP contribution in [0.5, 0.6) is 0 Å². The van der Waals surface area contributed by atoms with Crippen molar-refractivity contribution in [1.29, 1.82) is 0 Å². The Balaban J connectivity index is 1.32. The summed E-state index contributed by atoms with van der Waals surface area (Å²) in [5.74, 6) is -0.611. The van der Waals surface area contributed by atoms with Crippen LogP contribution in [0.25, 0.3) is 16.6 Å². The maximum atomic E-state index is 15.1. The van der Waals surface area contributed by atoms with E-state index in [1.165, 1.54) is 10.6 Å². The largest absolute Gasteiger partial charge is 0.368 e. The van der Waals surface area contributed by atoms with E-state index in [0.29, 0.717) is 28.8 Å². The number of pyridine rings is 1. The molecule has 2 N–H and O–H groups in total. The molecule has 0 unspecified atom stereocenters. The van der Waals surface area contributed by atoms with Gasteiger partial charge in [-0.3, -0.25) is 14.5 Å². The van der Waals surface area contributed by atoms with Crippen molar-refractivity contribution in [1.82, 2.24) is 29.8 Å². The van der Waals surface area contributed by atoms with E-state index in [4.69, 9.17) is 0 Å². The first-order chi connectivity index (χ1) is 16.4. The fourth-order valence-corrected chi connectivity index (χ4v) is 4.66. The van der Waals surface area contributed by atoms with Crippen LogP contribution in [0.4, 0.5) is 10.1 Å². The summed E-state index contributed by atoms with van der Waals surface area (Å²) < 4.78 is 16.5. The normalized spacial score (nSPS) is 14.8. The van der Waals surface area contributed by atoms with Crippen LogP contribution in [0.3, 0.4) is 0 Å². The minimum absolute atomic E-state index is 0.202. The van der Waals surface area contributed by atoms with Gasteiger partial charge >= 0.3 is 0 Å². The summed E-state index contributed by atoms with van der Waals surface area (Å²) in [7, 11) is 1.59. The van der Waals surface area contributed by atoms with Crippen molar-refractivity contribution in [3.05, 3.63) is 69.1 Å². The fraction of sp³-hybridized carbons (Fsp3) is 0.333. The number of fused-ring (bicyclic) bond motifs is 3. The third-order valence-electron chi connectivity index (χ3n) is 6.39. The van der Waals surface area contributed by atoms with Crippen LogP contribution < -0.4 is 15.8 Å². The summed E-state index contributed by atoms with van der Waals surface area (Å²) in [4.78, 5) is 36.0. The predicted molar refractivity (Wildman–Crippen MR) is 128 cm³/mol. The number of anilines is 1. The van der Waals surface area contributed by atoms with Crippen molar-refractivity contribution in [3.8, 4) is 0 Å².